The van der Waals surface area contributed by atoms with Gasteiger partial charge in [0.2, 0.25) is 10.0 Å². The average Bonchev–Trinajstić information content (AvgIpc) is 2.57. The molecule has 0 radical (unpaired) electrons. The summed E-state index contributed by atoms with van der Waals surface area (Å²) in [5, 5.41) is 11.9. The highest BCUT2D eigenvalue weighted by Gasteiger charge is 2.32. The molecule has 1 saturated heterocycles. The first kappa shape index (κ1) is 34.8. The van der Waals surface area contributed by atoms with Crippen LogP contribution in [0.4, 0.5) is 4.79 Å². The van der Waals surface area contributed by atoms with Crippen LogP contribution in [-0.4, -0.2) is 64.4 Å². The highest BCUT2D eigenvalue weighted by molar-refractivity contribution is 7.88. The lowest BCUT2D eigenvalue weighted by Gasteiger charge is -2.33. The first-order chi connectivity index (χ1) is 13.3. The zero-order chi connectivity index (χ0) is 22.2. The van der Waals surface area contributed by atoms with Crippen molar-refractivity contribution in [3.8, 4) is 0 Å². The fourth-order valence-electron chi connectivity index (χ4n) is 2.83. The second-order valence-corrected chi connectivity index (χ2v) is 10.2. The van der Waals surface area contributed by atoms with Gasteiger partial charge in [-0.05, 0) is 47.5 Å². The molecule has 0 spiro atoms. The summed E-state index contributed by atoms with van der Waals surface area (Å²) in [7, 11) is -3.63. The Morgan fingerprint density at radius 2 is 1.84 bits per heavy atom. The molecular weight excluding hydrogens is 432 g/mol. The molecule has 0 saturated carbocycles. The molecule has 2 heterocycles. The molecule has 2 unspecified atom stereocenters. The largest absolute Gasteiger partial charge is 0.443 e. The van der Waals surface area contributed by atoms with Crippen molar-refractivity contribution in [3.05, 3.63) is 23.8 Å². The number of carbonyl (C=O) groups is 1. The van der Waals surface area contributed by atoms with Crippen LogP contribution in [0, 0.1) is 6.92 Å². The average molecular weight is 479 g/mol. The van der Waals surface area contributed by atoms with Crippen molar-refractivity contribution >= 4 is 16.1 Å². The second kappa shape index (κ2) is 15.1. The van der Waals surface area contributed by atoms with Crippen LogP contribution in [0.15, 0.2) is 12.4 Å². The van der Waals surface area contributed by atoms with Crippen LogP contribution in [0.25, 0.3) is 0 Å². The van der Waals surface area contributed by atoms with Gasteiger partial charge in [0.25, 0.3) is 0 Å². The number of piperidine rings is 1. The Bertz CT molecular complexity index is 766. The minimum absolute atomic E-state index is 0. The van der Waals surface area contributed by atoms with Gasteiger partial charge in [0.05, 0.1) is 37.0 Å². The topological polar surface area (TPSA) is 122 Å². The van der Waals surface area contributed by atoms with E-state index in [1.54, 1.807) is 33.2 Å². The molecule has 1 aromatic heterocycles. The highest BCUT2D eigenvalue weighted by atomic mass is 32.2. The van der Waals surface area contributed by atoms with Crippen molar-refractivity contribution in [1.82, 2.24) is 19.6 Å². The van der Waals surface area contributed by atoms with Gasteiger partial charge < -0.3 is 15.2 Å². The summed E-state index contributed by atoms with van der Waals surface area (Å²) in [5.74, 6) is 0. The number of aromatic nitrogens is 2. The van der Waals surface area contributed by atoms with Crippen LogP contribution in [0.1, 0.15) is 80.6 Å². The van der Waals surface area contributed by atoms with E-state index >= 15 is 0 Å². The normalized spacial score (nSPS) is 17.8. The first-order valence-electron chi connectivity index (χ1n) is 9.67. The number of ether oxygens (including phenoxy) is 1. The SMILES string of the molecule is C.C.C.CC1CCCC(CN(C(=O)OC(C)(C)C)S(C)(=O)=O)N1.Cc1cncc(CO)n1. The van der Waals surface area contributed by atoms with Crippen molar-refractivity contribution < 1.29 is 23.1 Å². The number of amides is 1. The van der Waals surface area contributed by atoms with Crippen molar-refractivity contribution in [2.24, 2.45) is 0 Å². The van der Waals surface area contributed by atoms with Crippen molar-refractivity contribution in [2.45, 2.75) is 100 Å². The molecule has 0 bridgehead atoms. The predicted molar refractivity (Wildman–Crippen MR) is 131 cm³/mol. The lowest BCUT2D eigenvalue weighted by Crippen LogP contribution is -2.51. The third-order valence-electron chi connectivity index (χ3n) is 4.06. The van der Waals surface area contributed by atoms with Gasteiger partial charge in [-0.3, -0.25) is 9.97 Å². The van der Waals surface area contributed by atoms with E-state index in [-0.39, 0.29) is 41.5 Å². The van der Waals surface area contributed by atoms with E-state index in [0.29, 0.717) is 11.7 Å². The molecule has 2 atom stereocenters. The molecule has 32 heavy (non-hydrogen) atoms. The fourth-order valence-corrected chi connectivity index (χ4v) is 3.59. The van der Waals surface area contributed by atoms with Crippen LogP contribution in [0.5, 0.6) is 0 Å². The summed E-state index contributed by atoms with van der Waals surface area (Å²) in [6.07, 6.45) is 6.39. The number of carbonyl (C=O) groups excluding carboxylic acids is 1. The van der Waals surface area contributed by atoms with Gasteiger partial charge >= 0.3 is 6.09 Å². The molecule has 1 amide bonds. The van der Waals surface area contributed by atoms with E-state index in [1.807, 2.05) is 6.92 Å². The molecule has 190 valence electrons. The quantitative estimate of drug-likeness (QED) is 0.668. The Labute approximate surface area is 196 Å². The second-order valence-electron chi connectivity index (χ2n) is 8.28. The molecule has 1 aliphatic heterocycles. The van der Waals surface area contributed by atoms with Crippen molar-refractivity contribution in [3.63, 3.8) is 0 Å². The zero-order valence-electron chi connectivity index (χ0n) is 18.2. The van der Waals surface area contributed by atoms with E-state index < -0.39 is 21.7 Å². The van der Waals surface area contributed by atoms with Gasteiger partial charge in [0, 0.05) is 18.3 Å². The number of sulfonamides is 1. The van der Waals surface area contributed by atoms with E-state index in [1.165, 1.54) is 0 Å². The number of hydrogen-bond donors (Lipinski definition) is 2. The number of nitrogens with zero attached hydrogens (tertiary/aromatic N) is 3. The fraction of sp³-hybridized carbons (Fsp3) is 0.773. The minimum atomic E-state index is -3.63. The Hall–Kier alpha value is -1.78. The molecular formula is C22H46N4O5S. The lowest BCUT2D eigenvalue weighted by molar-refractivity contribution is 0.0374. The molecule has 2 N–H and O–H groups in total. The summed E-state index contributed by atoms with van der Waals surface area (Å²) in [5.41, 5.74) is 0.740. The zero-order valence-corrected chi connectivity index (χ0v) is 19.0. The number of nitrogens with one attached hydrogen (secondary N) is 1. The summed E-state index contributed by atoms with van der Waals surface area (Å²) in [6, 6.07) is 0.329. The first-order valence-corrected chi connectivity index (χ1v) is 11.5. The van der Waals surface area contributed by atoms with E-state index in [4.69, 9.17) is 9.84 Å². The van der Waals surface area contributed by atoms with Gasteiger partial charge in [-0.15, -0.1) is 0 Å². The van der Waals surface area contributed by atoms with Crippen LogP contribution < -0.4 is 5.32 Å². The number of aliphatic hydroxyl groups is 1. The summed E-state index contributed by atoms with van der Waals surface area (Å²) in [6.45, 7) is 9.13. The molecule has 0 aliphatic carbocycles. The predicted octanol–water partition coefficient (Wildman–Crippen LogP) is 3.90. The number of aliphatic hydroxyl groups excluding tert-OH is 1. The van der Waals surface area contributed by atoms with Crippen LogP contribution in [0.2, 0.25) is 0 Å². The Morgan fingerprint density at radius 1 is 1.25 bits per heavy atom. The summed E-state index contributed by atoms with van der Waals surface area (Å²) in [4.78, 5) is 19.9. The van der Waals surface area contributed by atoms with Gasteiger partial charge in [0.1, 0.15) is 5.60 Å². The molecule has 1 aromatic rings. The van der Waals surface area contributed by atoms with Gasteiger partial charge in [0.15, 0.2) is 0 Å². The molecule has 0 aromatic carbocycles. The third kappa shape index (κ3) is 13.6. The van der Waals surface area contributed by atoms with Gasteiger partial charge in [-0.2, -0.15) is 0 Å². The maximum absolute atomic E-state index is 12.1. The Morgan fingerprint density at radius 3 is 2.25 bits per heavy atom. The smallest absolute Gasteiger partial charge is 0.424 e. The minimum Gasteiger partial charge on any atom is -0.443 e. The lowest BCUT2D eigenvalue weighted by atomic mass is 10.00. The Kier molecular flexibility index (Phi) is 16.5. The Balaban J connectivity index is -0.000000597. The molecule has 9 nitrogen and oxygen atoms in total. The third-order valence-corrected chi connectivity index (χ3v) is 5.16. The molecule has 1 aliphatic rings. The van der Waals surface area contributed by atoms with Crippen molar-refractivity contribution in [2.75, 3.05) is 12.8 Å². The maximum atomic E-state index is 12.1. The van der Waals surface area contributed by atoms with Gasteiger partial charge in [-0.25, -0.2) is 17.5 Å². The van der Waals surface area contributed by atoms with Crippen LogP contribution in [0.3, 0.4) is 0 Å². The highest BCUT2D eigenvalue weighted by Crippen LogP contribution is 2.17. The number of hydrogen-bond acceptors (Lipinski definition) is 8. The van der Waals surface area contributed by atoms with E-state index in [2.05, 4.69) is 22.2 Å². The van der Waals surface area contributed by atoms with Crippen LogP contribution in [-0.2, 0) is 21.4 Å². The van der Waals surface area contributed by atoms with Crippen molar-refractivity contribution in [1.29, 1.82) is 0 Å². The van der Waals surface area contributed by atoms with Crippen LogP contribution >= 0.6 is 0 Å². The summed E-state index contributed by atoms with van der Waals surface area (Å²) < 4.78 is 29.6. The molecule has 1 fully saturated rings. The number of aryl methyl sites for hydroxylation is 1. The molecule has 10 heteroatoms. The molecule has 2 rings (SSSR count). The number of rotatable bonds is 4. The van der Waals surface area contributed by atoms with E-state index in [9.17, 15) is 13.2 Å². The monoisotopic (exact) mass is 478 g/mol. The van der Waals surface area contributed by atoms with Gasteiger partial charge in [-0.1, -0.05) is 28.7 Å². The standard InChI is InChI=1S/C13H26N2O4S.C6H8N2O.3CH4/c1-10-7-6-8-11(14-10)9-15(20(5,17)18)12(16)19-13(2,3)4;1-5-2-7-3-6(4-9)8-5;;;/h10-11,14H,6-9H2,1-5H3;2-3,9H,4H2,1H3;3*1H4. The van der Waals surface area contributed by atoms with E-state index in [0.717, 1.165) is 35.5 Å². The summed E-state index contributed by atoms with van der Waals surface area (Å²) >= 11 is 0. The maximum Gasteiger partial charge on any atom is 0.424 e.